The molecule has 6 heteroatoms. The van der Waals surface area contributed by atoms with Crippen molar-refractivity contribution in [3.05, 3.63) is 48.2 Å². The van der Waals surface area contributed by atoms with Crippen LogP contribution in [0.2, 0.25) is 16.6 Å². The van der Waals surface area contributed by atoms with Crippen LogP contribution in [0.5, 0.6) is 11.5 Å². The van der Waals surface area contributed by atoms with E-state index in [1.54, 1.807) is 19.5 Å². The fraction of sp³-hybridized carbons (Fsp3) is 0.455. The zero-order chi connectivity index (χ0) is 20.7. The molecule has 152 valence electrons. The van der Waals surface area contributed by atoms with Crippen LogP contribution in [0.3, 0.4) is 0 Å². The molecule has 1 N–H and O–H groups in total. The number of methoxy groups -OCH3 is 1. The third kappa shape index (κ3) is 4.92. The molecule has 0 aliphatic rings. The van der Waals surface area contributed by atoms with E-state index in [9.17, 15) is 0 Å². The summed E-state index contributed by atoms with van der Waals surface area (Å²) in [7, 11) is -0.358. The summed E-state index contributed by atoms with van der Waals surface area (Å²) in [5.41, 5.74) is 5.35. The van der Waals surface area contributed by atoms with Crippen LogP contribution < -0.4 is 14.6 Å². The van der Waals surface area contributed by atoms with Gasteiger partial charge in [0.05, 0.1) is 13.3 Å². The van der Waals surface area contributed by atoms with Gasteiger partial charge in [0.2, 0.25) is 0 Å². The van der Waals surface area contributed by atoms with E-state index >= 15 is 0 Å². The summed E-state index contributed by atoms with van der Waals surface area (Å²) in [6.07, 6.45) is 3.47. The van der Waals surface area contributed by atoms with Crippen molar-refractivity contribution in [3.63, 3.8) is 0 Å². The molecule has 1 aromatic heterocycles. The zero-order valence-corrected chi connectivity index (χ0v) is 19.1. The Morgan fingerprint density at radius 3 is 2.18 bits per heavy atom. The van der Waals surface area contributed by atoms with Crippen LogP contribution in [-0.2, 0) is 0 Å². The first-order chi connectivity index (χ1) is 13.3. The third-order valence-electron chi connectivity index (χ3n) is 5.24. The van der Waals surface area contributed by atoms with Crippen LogP contribution >= 0.6 is 0 Å². The summed E-state index contributed by atoms with van der Waals surface area (Å²) in [6.45, 7) is 13.7. The fourth-order valence-electron chi connectivity index (χ4n) is 3.99. The summed E-state index contributed by atoms with van der Waals surface area (Å²) >= 11 is 0. The smallest absolute Gasteiger partial charge is 0.258 e. The highest BCUT2D eigenvalue weighted by atomic mass is 28.4. The number of nitrogens with zero attached hydrogens (tertiary/aromatic N) is 2. The van der Waals surface area contributed by atoms with Crippen molar-refractivity contribution in [3.8, 4) is 11.5 Å². The van der Waals surface area contributed by atoms with Gasteiger partial charge < -0.3 is 9.16 Å². The Bertz CT molecular complexity index is 755. The Morgan fingerprint density at radius 2 is 1.64 bits per heavy atom. The highest BCUT2D eigenvalue weighted by Crippen LogP contribution is 2.44. The Labute approximate surface area is 170 Å². The van der Waals surface area contributed by atoms with E-state index in [1.165, 1.54) is 0 Å². The summed E-state index contributed by atoms with van der Waals surface area (Å²) in [5, 5.41) is 4.25. The van der Waals surface area contributed by atoms with E-state index in [1.807, 2.05) is 36.4 Å². The number of anilines is 1. The minimum atomic E-state index is -2.04. The Kier molecular flexibility index (Phi) is 7.63. The number of nitrogens with one attached hydrogen (secondary N) is 1. The van der Waals surface area contributed by atoms with Crippen LogP contribution in [0, 0.1) is 0 Å². The molecule has 0 fully saturated rings. The number of hydrazone groups is 1. The molecule has 0 radical (unpaired) electrons. The first-order valence-electron chi connectivity index (χ1n) is 9.88. The van der Waals surface area contributed by atoms with Gasteiger partial charge in [-0.1, -0.05) is 47.6 Å². The summed E-state index contributed by atoms with van der Waals surface area (Å²) in [5.74, 6) is 2.26. The molecule has 0 atom stereocenters. The third-order valence-corrected chi connectivity index (χ3v) is 11.2. The largest absolute Gasteiger partial charge is 0.540 e. The predicted octanol–water partition coefficient (Wildman–Crippen LogP) is 6.09. The molecule has 0 spiro atoms. The molecule has 2 aromatic rings. The van der Waals surface area contributed by atoms with Crippen LogP contribution in [0.1, 0.15) is 47.1 Å². The van der Waals surface area contributed by atoms with Crippen LogP contribution in [0.15, 0.2) is 47.7 Å². The van der Waals surface area contributed by atoms with Crippen molar-refractivity contribution >= 4 is 20.3 Å². The fourth-order valence-corrected chi connectivity index (χ4v) is 9.25. The van der Waals surface area contributed by atoms with Gasteiger partial charge in [-0.3, -0.25) is 5.43 Å². The number of hydrogen-bond donors (Lipinski definition) is 1. The van der Waals surface area contributed by atoms with Gasteiger partial charge in [-0.05, 0) is 52.5 Å². The molecule has 1 aromatic carbocycles. The van der Waals surface area contributed by atoms with E-state index in [0.717, 1.165) is 17.1 Å². The molecule has 0 amide bonds. The van der Waals surface area contributed by atoms with Crippen molar-refractivity contribution in [2.45, 2.75) is 58.2 Å². The van der Waals surface area contributed by atoms with Gasteiger partial charge in [-0.2, -0.15) is 5.10 Å². The van der Waals surface area contributed by atoms with Crippen LogP contribution in [-0.4, -0.2) is 26.6 Å². The summed E-state index contributed by atoms with van der Waals surface area (Å²) < 4.78 is 12.4. The Hall–Kier alpha value is -2.34. The standard InChI is InChI=1S/C22H33N3O2Si/c1-16(2)28(17(3)4,18(5)6)27-20-12-11-19(14-21(20)26-7)15-24-25-22-10-8-9-13-23-22/h8-18H,1-7H3,(H,23,25). The molecular weight excluding hydrogens is 366 g/mol. The van der Waals surface area contributed by atoms with E-state index in [0.29, 0.717) is 22.4 Å². The van der Waals surface area contributed by atoms with Crippen molar-refractivity contribution in [1.82, 2.24) is 4.98 Å². The molecule has 0 saturated carbocycles. The van der Waals surface area contributed by atoms with E-state index in [-0.39, 0.29) is 0 Å². The average Bonchev–Trinajstić information content (AvgIpc) is 2.66. The number of hydrogen-bond acceptors (Lipinski definition) is 5. The van der Waals surface area contributed by atoms with E-state index in [4.69, 9.17) is 9.16 Å². The van der Waals surface area contributed by atoms with Gasteiger partial charge in [-0.15, -0.1) is 0 Å². The molecule has 1 heterocycles. The lowest BCUT2D eigenvalue weighted by Gasteiger charge is -2.42. The number of pyridine rings is 1. The quantitative estimate of drug-likeness (QED) is 0.315. The van der Waals surface area contributed by atoms with Gasteiger partial charge >= 0.3 is 0 Å². The molecular formula is C22H33N3O2Si. The highest BCUT2D eigenvalue weighted by Gasteiger charge is 2.47. The lowest BCUT2D eigenvalue weighted by molar-refractivity contribution is 0.383. The number of aromatic nitrogens is 1. The maximum atomic E-state index is 6.78. The van der Waals surface area contributed by atoms with Crippen molar-refractivity contribution in [2.24, 2.45) is 5.10 Å². The van der Waals surface area contributed by atoms with E-state index < -0.39 is 8.32 Å². The van der Waals surface area contributed by atoms with Crippen LogP contribution in [0.4, 0.5) is 5.82 Å². The Morgan fingerprint density at radius 1 is 0.964 bits per heavy atom. The first-order valence-corrected chi connectivity index (χ1v) is 12.0. The second kappa shape index (κ2) is 9.73. The number of ether oxygens (including phenoxy) is 1. The van der Waals surface area contributed by atoms with Crippen molar-refractivity contribution in [1.29, 1.82) is 0 Å². The highest BCUT2D eigenvalue weighted by molar-refractivity contribution is 6.78. The maximum Gasteiger partial charge on any atom is 0.258 e. The second-order valence-corrected chi connectivity index (χ2v) is 13.3. The molecule has 28 heavy (non-hydrogen) atoms. The molecule has 0 unspecified atom stereocenters. The number of rotatable bonds is 9. The molecule has 0 saturated heterocycles. The molecule has 5 nitrogen and oxygen atoms in total. The molecule has 0 bridgehead atoms. The molecule has 0 aliphatic heterocycles. The van der Waals surface area contributed by atoms with Gasteiger partial charge in [0.25, 0.3) is 8.32 Å². The van der Waals surface area contributed by atoms with E-state index in [2.05, 4.69) is 57.1 Å². The first kappa shape index (κ1) is 22.0. The maximum absolute atomic E-state index is 6.78. The second-order valence-electron chi connectivity index (χ2n) is 7.91. The normalized spacial score (nSPS) is 12.2. The number of benzene rings is 1. The van der Waals surface area contributed by atoms with Crippen molar-refractivity contribution < 1.29 is 9.16 Å². The van der Waals surface area contributed by atoms with Crippen LogP contribution in [0.25, 0.3) is 0 Å². The minimum Gasteiger partial charge on any atom is -0.540 e. The summed E-state index contributed by atoms with van der Waals surface area (Å²) in [6, 6.07) is 11.6. The summed E-state index contributed by atoms with van der Waals surface area (Å²) in [4.78, 5) is 4.18. The topological polar surface area (TPSA) is 55.7 Å². The SMILES string of the molecule is COc1cc(C=NNc2ccccn2)ccc1O[Si](C(C)C)(C(C)C)C(C)C. The molecule has 2 rings (SSSR count). The lowest BCUT2D eigenvalue weighted by Crippen LogP contribution is -2.50. The van der Waals surface area contributed by atoms with Gasteiger partial charge in [0, 0.05) is 6.20 Å². The van der Waals surface area contributed by atoms with Gasteiger partial charge in [0.1, 0.15) is 11.6 Å². The van der Waals surface area contributed by atoms with Gasteiger partial charge in [-0.25, -0.2) is 4.98 Å². The van der Waals surface area contributed by atoms with Gasteiger partial charge in [0.15, 0.2) is 5.75 Å². The Balaban J connectivity index is 2.24. The zero-order valence-electron chi connectivity index (χ0n) is 18.1. The predicted molar refractivity (Wildman–Crippen MR) is 120 cm³/mol. The molecule has 0 aliphatic carbocycles. The van der Waals surface area contributed by atoms with Crippen molar-refractivity contribution in [2.75, 3.05) is 12.5 Å². The monoisotopic (exact) mass is 399 g/mol. The minimum absolute atomic E-state index is 0.501. The average molecular weight is 400 g/mol. The lowest BCUT2D eigenvalue weighted by atomic mass is 10.2.